The van der Waals surface area contributed by atoms with Crippen LogP contribution in [0.2, 0.25) is 0 Å². The molecule has 56 heavy (non-hydrogen) atoms. The first-order valence-corrected chi connectivity index (χ1v) is 20.2. The predicted octanol–water partition coefficient (Wildman–Crippen LogP) is 6.37. The van der Waals surface area contributed by atoms with Gasteiger partial charge in [0.1, 0.15) is 23.7 Å². The van der Waals surface area contributed by atoms with Gasteiger partial charge in [-0.15, -0.1) is 0 Å². The summed E-state index contributed by atoms with van der Waals surface area (Å²) >= 11 is 0. The Bertz CT molecular complexity index is 2030. The molecule has 3 aromatic carbocycles. The molecule has 2 N–H and O–H groups in total. The van der Waals surface area contributed by atoms with Crippen LogP contribution in [0.15, 0.2) is 103 Å². The van der Waals surface area contributed by atoms with Crippen molar-refractivity contribution >= 4 is 23.4 Å². The van der Waals surface area contributed by atoms with Crippen LogP contribution in [0.25, 0.3) is 0 Å². The number of rotatable bonds is 12. The molecule has 3 atom stereocenters. The Balaban J connectivity index is 0.765. The number of carbonyl (C=O) groups is 3. The first kappa shape index (κ1) is 37.7. The zero-order valence-corrected chi connectivity index (χ0v) is 32.2. The molecule has 0 aromatic heterocycles. The summed E-state index contributed by atoms with van der Waals surface area (Å²) in [6.07, 6.45) is 10.8. The summed E-state index contributed by atoms with van der Waals surface area (Å²) in [5.74, 6) is 0.777. The first-order valence-electron chi connectivity index (χ1n) is 20.2. The molecule has 3 fully saturated rings. The Labute approximate surface area is 329 Å². The molecule has 8 rings (SSSR count). The van der Waals surface area contributed by atoms with Gasteiger partial charge in [-0.2, -0.15) is 0 Å². The summed E-state index contributed by atoms with van der Waals surface area (Å²) in [6.45, 7) is 12.1. The van der Waals surface area contributed by atoms with E-state index in [2.05, 4.69) is 70.2 Å². The number of ether oxygens (including phenoxy) is 2. The normalized spacial score (nSPS) is 25.5. The summed E-state index contributed by atoms with van der Waals surface area (Å²) in [5, 5.41) is 12.5. The zero-order valence-electron chi connectivity index (χ0n) is 32.2. The van der Waals surface area contributed by atoms with Crippen LogP contribution in [0.4, 0.5) is 5.69 Å². The third kappa shape index (κ3) is 8.04. The molecule has 3 amide bonds. The van der Waals surface area contributed by atoms with Gasteiger partial charge in [0.2, 0.25) is 11.8 Å². The van der Waals surface area contributed by atoms with E-state index in [1.807, 2.05) is 37.3 Å². The lowest BCUT2D eigenvalue weighted by molar-refractivity contribution is -0.136. The van der Waals surface area contributed by atoms with Crippen molar-refractivity contribution in [2.45, 2.75) is 82.1 Å². The second kappa shape index (κ2) is 16.5. The van der Waals surface area contributed by atoms with Crippen LogP contribution < -0.4 is 10.2 Å². The molecule has 5 aliphatic rings. The first-order chi connectivity index (χ1) is 27.2. The molecule has 2 saturated heterocycles. The summed E-state index contributed by atoms with van der Waals surface area (Å²) in [4.78, 5) is 43.5. The molecule has 0 bridgehead atoms. The van der Waals surface area contributed by atoms with Crippen LogP contribution in [0.3, 0.4) is 0 Å². The Morgan fingerprint density at radius 3 is 2.48 bits per heavy atom. The Kier molecular flexibility index (Phi) is 11.1. The monoisotopic (exact) mass is 756 g/mol. The van der Waals surface area contributed by atoms with Gasteiger partial charge in [-0.1, -0.05) is 49.1 Å². The number of nitrogens with one attached hydrogen (secondary N) is 1. The highest BCUT2D eigenvalue weighted by Gasteiger charge is 2.39. The maximum atomic E-state index is 13.1. The molecule has 2 aliphatic carbocycles. The van der Waals surface area contributed by atoms with Crippen molar-refractivity contribution < 1.29 is 29.0 Å². The van der Waals surface area contributed by atoms with Crippen LogP contribution >= 0.6 is 0 Å². The number of piperidine rings is 1. The Hall–Kier alpha value is -5.19. The molecule has 1 unspecified atom stereocenters. The second-order valence-corrected chi connectivity index (χ2v) is 15.8. The van der Waals surface area contributed by atoms with Crippen molar-refractivity contribution in [2.75, 3.05) is 44.2 Å². The Morgan fingerprint density at radius 2 is 1.71 bits per heavy atom. The van der Waals surface area contributed by atoms with Crippen molar-refractivity contribution in [1.29, 1.82) is 0 Å². The van der Waals surface area contributed by atoms with Crippen LogP contribution in [0.5, 0.6) is 5.75 Å². The molecule has 10 heteroatoms. The van der Waals surface area contributed by atoms with E-state index in [1.54, 1.807) is 11.0 Å². The van der Waals surface area contributed by atoms with Crippen LogP contribution in [0, 0.1) is 0 Å². The van der Waals surface area contributed by atoms with E-state index in [4.69, 9.17) is 9.47 Å². The van der Waals surface area contributed by atoms with Crippen molar-refractivity contribution in [2.24, 2.45) is 0 Å². The van der Waals surface area contributed by atoms with Gasteiger partial charge in [-0.25, -0.2) is 0 Å². The van der Waals surface area contributed by atoms with Crippen molar-refractivity contribution in [3.05, 3.63) is 131 Å². The number of amides is 3. The van der Waals surface area contributed by atoms with Gasteiger partial charge < -0.3 is 24.4 Å². The van der Waals surface area contributed by atoms with E-state index in [1.165, 1.54) is 16.7 Å². The van der Waals surface area contributed by atoms with E-state index in [-0.39, 0.29) is 42.3 Å². The lowest BCUT2D eigenvalue weighted by Gasteiger charge is -2.38. The molecule has 10 nitrogen and oxygen atoms in total. The van der Waals surface area contributed by atoms with Crippen molar-refractivity contribution in [3.63, 3.8) is 0 Å². The number of aromatic hydroxyl groups is 1. The minimum Gasteiger partial charge on any atom is -0.508 e. The standard InChI is InChI=1S/C46H52N4O6/c1-3-36(13-9-30(2)44-39(31-7-5-4-6-8-31)14-10-32-26-35(51)12-16-40(32)44)56-38-27-37(28-38)55-24-23-48-19-21-49(22-20-48)34-11-15-41-33(25-34)29-50(46(41)54)42-17-18-43(52)47-45(42)53/h3-9,11-13,15-16,25-26,37-39,42,44,51H,2,10,14,17-24,27-29H2,1H3,(H,47,52,53)/b13-9-,36-3+/t37?,38?,39-,42?,44+/m1/s1. The lowest BCUT2D eigenvalue weighted by atomic mass is 9.69. The number of allylic oxidation sites excluding steroid dienone is 4. The van der Waals surface area contributed by atoms with E-state index in [0.717, 1.165) is 81.0 Å². The number of hydrogen-bond donors (Lipinski definition) is 2. The number of phenols is 1. The molecule has 0 radical (unpaired) electrons. The van der Waals surface area contributed by atoms with Crippen LogP contribution in [0.1, 0.15) is 83.5 Å². The highest BCUT2D eigenvalue weighted by atomic mass is 16.5. The number of fused-ring (bicyclic) bond motifs is 2. The van der Waals surface area contributed by atoms with E-state index in [9.17, 15) is 19.5 Å². The summed E-state index contributed by atoms with van der Waals surface area (Å²) in [7, 11) is 0. The highest BCUT2D eigenvalue weighted by molar-refractivity contribution is 6.05. The van der Waals surface area contributed by atoms with Gasteiger partial charge in [0.25, 0.3) is 5.91 Å². The average Bonchev–Trinajstić information content (AvgIpc) is 3.52. The van der Waals surface area contributed by atoms with Gasteiger partial charge >= 0.3 is 0 Å². The number of carbonyl (C=O) groups excluding carboxylic acids is 3. The number of imide groups is 1. The molecule has 3 aliphatic heterocycles. The maximum Gasteiger partial charge on any atom is 0.255 e. The molecule has 3 heterocycles. The van der Waals surface area contributed by atoms with Gasteiger partial charge in [0, 0.05) is 75.7 Å². The van der Waals surface area contributed by atoms with E-state index >= 15 is 0 Å². The summed E-state index contributed by atoms with van der Waals surface area (Å²) in [6, 6.07) is 21.8. The van der Waals surface area contributed by atoms with Gasteiger partial charge in [0.05, 0.1) is 12.7 Å². The summed E-state index contributed by atoms with van der Waals surface area (Å²) < 4.78 is 12.6. The minimum atomic E-state index is -0.600. The third-order valence-electron chi connectivity index (χ3n) is 12.3. The maximum absolute atomic E-state index is 13.1. The Morgan fingerprint density at radius 1 is 0.911 bits per heavy atom. The van der Waals surface area contributed by atoms with E-state index < -0.39 is 6.04 Å². The molecule has 0 spiro atoms. The average molecular weight is 757 g/mol. The fraction of sp³-hybridized carbons (Fsp3) is 0.413. The fourth-order valence-corrected chi connectivity index (χ4v) is 9.10. The van der Waals surface area contributed by atoms with Gasteiger partial charge in [-0.05, 0) is 102 Å². The molecular formula is C46H52N4O6. The zero-order chi connectivity index (χ0) is 38.8. The summed E-state index contributed by atoms with van der Waals surface area (Å²) in [5.41, 5.74) is 7.45. The third-order valence-corrected chi connectivity index (χ3v) is 12.3. The predicted molar refractivity (Wildman–Crippen MR) is 215 cm³/mol. The number of hydrogen-bond acceptors (Lipinski definition) is 8. The van der Waals surface area contributed by atoms with Crippen molar-refractivity contribution in [3.8, 4) is 5.75 Å². The fourth-order valence-electron chi connectivity index (χ4n) is 9.10. The van der Waals surface area contributed by atoms with E-state index in [0.29, 0.717) is 36.8 Å². The number of benzene rings is 3. The topological polar surface area (TPSA) is 112 Å². The number of nitrogens with zero attached hydrogens (tertiary/aromatic N) is 3. The number of aryl methyl sites for hydroxylation is 1. The largest absolute Gasteiger partial charge is 0.508 e. The molecule has 3 aromatic rings. The lowest BCUT2D eigenvalue weighted by Crippen LogP contribution is -2.52. The smallest absolute Gasteiger partial charge is 0.255 e. The van der Waals surface area contributed by atoms with Crippen LogP contribution in [-0.4, -0.2) is 90.2 Å². The van der Waals surface area contributed by atoms with Crippen molar-refractivity contribution in [1.82, 2.24) is 15.1 Å². The SMILES string of the molecule is C=C(/C=C\C(=C/C)OC1CC(OCCN2CCN(c3ccc4c(c3)CN(C3CCC(=O)NC3=O)C4=O)CC2)C1)[C@@H]1c2ccc(O)cc2CC[C@@H]1c1ccccc1. The molecular weight excluding hydrogens is 705 g/mol. The quantitative estimate of drug-likeness (QED) is 0.125. The van der Waals surface area contributed by atoms with Crippen LogP contribution in [-0.2, 0) is 32.0 Å². The number of anilines is 1. The second-order valence-electron chi connectivity index (χ2n) is 15.8. The molecule has 292 valence electrons. The highest BCUT2D eigenvalue weighted by Crippen LogP contribution is 2.47. The number of piperazine rings is 1. The molecule has 1 saturated carbocycles. The minimum absolute atomic E-state index is 0.117. The van der Waals surface area contributed by atoms with Gasteiger partial charge in [0.15, 0.2) is 0 Å². The van der Waals surface area contributed by atoms with Gasteiger partial charge in [-0.3, -0.25) is 24.6 Å². The number of phenolic OH excluding ortho intramolecular Hbond substituents is 1.